The molecule has 0 aromatic carbocycles. The zero-order valence-corrected chi connectivity index (χ0v) is 14.7. The highest BCUT2D eigenvalue weighted by molar-refractivity contribution is 7.99. The summed E-state index contributed by atoms with van der Waals surface area (Å²) in [6, 6.07) is 0.213. The van der Waals surface area contributed by atoms with E-state index in [2.05, 4.69) is 17.2 Å². The molecule has 1 rings (SSSR count). The lowest BCUT2D eigenvalue weighted by Gasteiger charge is -2.32. The highest BCUT2D eigenvalue weighted by Crippen LogP contribution is 2.28. The Balaban J connectivity index is 2.75. The smallest absolute Gasteiger partial charge is 0.326 e. The quantitative estimate of drug-likeness (QED) is 0.590. The van der Waals surface area contributed by atoms with Crippen LogP contribution in [0.3, 0.4) is 0 Å². The first-order valence-electron chi connectivity index (χ1n) is 7.37. The summed E-state index contributed by atoms with van der Waals surface area (Å²) in [5.41, 5.74) is -0.679. The number of carbonyl (C=O) groups excluding carboxylic acids is 1. The number of aryl methyl sites for hydroxylation is 1. The molecule has 120 valence electrons. The number of esters is 1. The van der Waals surface area contributed by atoms with E-state index >= 15 is 0 Å². The minimum atomic E-state index is -0.679. The molecule has 0 aliphatic carbocycles. The number of nitrogens with one attached hydrogen (secondary N) is 1. The molecule has 0 aliphatic rings. The number of carbonyl (C=O) groups is 1. The first kappa shape index (κ1) is 18.0. The van der Waals surface area contributed by atoms with E-state index in [0.29, 0.717) is 13.0 Å². The Morgan fingerprint density at radius 1 is 1.52 bits per heavy atom. The van der Waals surface area contributed by atoms with Gasteiger partial charge in [-0.25, -0.2) is 4.98 Å². The number of imidazole rings is 1. The fraction of sp³-hybridized carbons (Fsp3) is 0.733. The number of rotatable bonds is 8. The van der Waals surface area contributed by atoms with Crippen LogP contribution in [0.4, 0.5) is 0 Å². The summed E-state index contributed by atoms with van der Waals surface area (Å²) >= 11 is 1.67. The van der Waals surface area contributed by atoms with Gasteiger partial charge in [0.05, 0.1) is 6.61 Å². The topological polar surface area (TPSA) is 56.1 Å². The number of hydrogen-bond acceptors (Lipinski definition) is 5. The number of nitrogens with zero attached hydrogens (tertiary/aromatic N) is 2. The molecule has 1 heterocycles. The normalized spacial score (nSPS) is 15.8. The maximum absolute atomic E-state index is 12.3. The first-order chi connectivity index (χ1) is 9.78. The second-order valence-corrected chi connectivity index (χ2v) is 7.21. The Bertz CT molecular complexity index is 462. The predicted octanol–water partition coefficient (Wildman–Crippen LogP) is 2.61. The summed E-state index contributed by atoms with van der Waals surface area (Å²) < 4.78 is 7.22. The molecule has 1 aromatic rings. The molecule has 0 saturated carbocycles. The van der Waals surface area contributed by atoms with Gasteiger partial charge in [-0.15, -0.1) is 0 Å². The molecule has 0 fully saturated rings. The average molecular weight is 313 g/mol. The molecule has 1 N–H and O–H groups in total. The van der Waals surface area contributed by atoms with Crippen molar-refractivity contribution in [2.45, 2.75) is 63.0 Å². The Morgan fingerprint density at radius 3 is 2.67 bits per heavy atom. The predicted molar refractivity (Wildman–Crippen MR) is 86.5 cm³/mol. The molecule has 1 aromatic heterocycles. The SMILES string of the molecule is CCOC(=O)C(C)(CC(C)Sc1nccn1C)NC(C)C. The molecule has 6 heteroatoms. The molecule has 0 amide bonds. The van der Waals surface area contributed by atoms with Crippen LogP contribution in [-0.2, 0) is 16.6 Å². The lowest BCUT2D eigenvalue weighted by molar-refractivity contribution is -0.151. The number of thioether (sulfide) groups is 1. The van der Waals surface area contributed by atoms with Crippen LogP contribution in [0.15, 0.2) is 17.6 Å². The molecule has 0 saturated heterocycles. The molecule has 0 aliphatic heterocycles. The van der Waals surface area contributed by atoms with E-state index in [0.717, 1.165) is 5.16 Å². The third kappa shape index (κ3) is 5.36. The van der Waals surface area contributed by atoms with Crippen LogP contribution in [0.5, 0.6) is 0 Å². The molecule has 0 bridgehead atoms. The standard InChI is InChI=1S/C15H27N3O2S/c1-7-20-13(19)15(5,17-11(2)3)10-12(4)21-14-16-8-9-18(14)6/h8-9,11-12,17H,7,10H2,1-6H3. The summed E-state index contributed by atoms with van der Waals surface area (Å²) in [7, 11) is 1.97. The second kappa shape index (κ2) is 7.84. The minimum absolute atomic E-state index is 0.189. The summed E-state index contributed by atoms with van der Waals surface area (Å²) in [6.45, 7) is 10.3. The van der Waals surface area contributed by atoms with Crippen LogP contribution >= 0.6 is 11.8 Å². The van der Waals surface area contributed by atoms with E-state index in [1.54, 1.807) is 18.0 Å². The van der Waals surface area contributed by atoms with Crippen molar-refractivity contribution in [3.63, 3.8) is 0 Å². The number of ether oxygens (including phenoxy) is 1. The highest BCUT2D eigenvalue weighted by atomic mass is 32.2. The van der Waals surface area contributed by atoms with E-state index in [1.807, 2.05) is 45.5 Å². The van der Waals surface area contributed by atoms with Gasteiger partial charge in [-0.1, -0.05) is 18.7 Å². The lowest BCUT2D eigenvalue weighted by Crippen LogP contribution is -2.54. The third-order valence-corrected chi connectivity index (χ3v) is 4.29. The van der Waals surface area contributed by atoms with Gasteiger partial charge >= 0.3 is 5.97 Å². The maximum atomic E-state index is 12.3. The Morgan fingerprint density at radius 2 is 2.19 bits per heavy atom. The molecular formula is C15H27N3O2S. The summed E-state index contributed by atoms with van der Waals surface area (Å²) in [5.74, 6) is -0.189. The summed E-state index contributed by atoms with van der Waals surface area (Å²) in [6.07, 6.45) is 4.39. The van der Waals surface area contributed by atoms with Crippen molar-refractivity contribution in [2.24, 2.45) is 7.05 Å². The minimum Gasteiger partial charge on any atom is -0.465 e. The second-order valence-electron chi connectivity index (χ2n) is 5.80. The van der Waals surface area contributed by atoms with Gasteiger partial charge in [-0.05, 0) is 34.1 Å². The van der Waals surface area contributed by atoms with Crippen LogP contribution < -0.4 is 5.32 Å². The van der Waals surface area contributed by atoms with Crippen LogP contribution in [-0.4, -0.2) is 39.0 Å². The molecule has 0 radical (unpaired) electrons. The highest BCUT2D eigenvalue weighted by Gasteiger charge is 2.37. The van der Waals surface area contributed by atoms with E-state index in [1.165, 1.54) is 0 Å². The van der Waals surface area contributed by atoms with Crippen molar-refractivity contribution in [3.05, 3.63) is 12.4 Å². The van der Waals surface area contributed by atoms with E-state index in [4.69, 9.17) is 4.74 Å². The van der Waals surface area contributed by atoms with Crippen molar-refractivity contribution in [1.82, 2.24) is 14.9 Å². The average Bonchev–Trinajstić information content (AvgIpc) is 2.73. The van der Waals surface area contributed by atoms with Crippen LogP contribution in [0.25, 0.3) is 0 Å². The Kier molecular flexibility index (Phi) is 6.74. The van der Waals surface area contributed by atoms with Crippen molar-refractivity contribution in [3.8, 4) is 0 Å². The zero-order valence-electron chi connectivity index (χ0n) is 13.8. The maximum Gasteiger partial charge on any atom is 0.326 e. The molecule has 2 unspecified atom stereocenters. The zero-order chi connectivity index (χ0) is 16.0. The van der Waals surface area contributed by atoms with Crippen molar-refractivity contribution in [1.29, 1.82) is 0 Å². The molecule has 2 atom stereocenters. The lowest BCUT2D eigenvalue weighted by atomic mass is 9.95. The van der Waals surface area contributed by atoms with Crippen LogP contribution in [0, 0.1) is 0 Å². The van der Waals surface area contributed by atoms with E-state index in [-0.39, 0.29) is 17.3 Å². The largest absolute Gasteiger partial charge is 0.465 e. The van der Waals surface area contributed by atoms with Gasteiger partial charge in [-0.3, -0.25) is 10.1 Å². The van der Waals surface area contributed by atoms with E-state index in [9.17, 15) is 4.79 Å². The molecular weight excluding hydrogens is 286 g/mol. The van der Waals surface area contributed by atoms with Crippen molar-refractivity contribution < 1.29 is 9.53 Å². The van der Waals surface area contributed by atoms with Gasteiger partial charge in [-0.2, -0.15) is 0 Å². The summed E-state index contributed by atoms with van der Waals surface area (Å²) in [4.78, 5) is 16.6. The van der Waals surface area contributed by atoms with Crippen LogP contribution in [0.1, 0.15) is 41.0 Å². The number of hydrogen-bond donors (Lipinski definition) is 1. The van der Waals surface area contributed by atoms with Crippen molar-refractivity contribution >= 4 is 17.7 Å². The third-order valence-electron chi connectivity index (χ3n) is 3.11. The van der Waals surface area contributed by atoms with Crippen molar-refractivity contribution in [2.75, 3.05) is 6.61 Å². The number of aromatic nitrogens is 2. The van der Waals surface area contributed by atoms with Gasteiger partial charge in [0.25, 0.3) is 0 Å². The fourth-order valence-electron chi connectivity index (χ4n) is 2.39. The molecule has 0 spiro atoms. The van der Waals surface area contributed by atoms with E-state index < -0.39 is 5.54 Å². The Hall–Kier alpha value is -1.01. The van der Waals surface area contributed by atoms with Gasteiger partial charge in [0.15, 0.2) is 5.16 Å². The van der Waals surface area contributed by atoms with Gasteiger partial charge in [0, 0.05) is 30.7 Å². The molecule has 5 nitrogen and oxygen atoms in total. The van der Waals surface area contributed by atoms with Gasteiger partial charge in [0.1, 0.15) is 5.54 Å². The summed E-state index contributed by atoms with van der Waals surface area (Å²) in [5, 5.41) is 4.55. The van der Waals surface area contributed by atoms with Gasteiger partial charge < -0.3 is 9.30 Å². The fourth-order valence-corrected chi connectivity index (χ4v) is 3.52. The monoisotopic (exact) mass is 313 g/mol. The first-order valence-corrected chi connectivity index (χ1v) is 8.25. The van der Waals surface area contributed by atoms with Crippen LogP contribution in [0.2, 0.25) is 0 Å². The Labute approximate surface area is 131 Å². The molecule has 21 heavy (non-hydrogen) atoms. The van der Waals surface area contributed by atoms with Gasteiger partial charge in [0.2, 0.25) is 0 Å².